The molecule has 106 valence electrons. The van der Waals surface area contributed by atoms with Gasteiger partial charge in [-0.05, 0) is 60.8 Å². The second kappa shape index (κ2) is 4.82. The minimum absolute atomic E-state index is 0.211. The van der Waals surface area contributed by atoms with E-state index in [9.17, 15) is 0 Å². The first-order valence-corrected chi connectivity index (χ1v) is 7.33. The highest BCUT2D eigenvalue weighted by Gasteiger charge is 2.40. The van der Waals surface area contributed by atoms with Crippen LogP contribution in [0.3, 0.4) is 0 Å². The zero-order valence-corrected chi connectivity index (χ0v) is 13.1. The van der Waals surface area contributed by atoms with Crippen molar-refractivity contribution in [3.05, 3.63) is 28.8 Å². The lowest BCUT2D eigenvalue weighted by atomic mass is 9.84. The van der Waals surface area contributed by atoms with E-state index in [1.54, 1.807) is 0 Å². The molecule has 0 bridgehead atoms. The van der Waals surface area contributed by atoms with Crippen LogP contribution < -0.4 is 11.1 Å². The Morgan fingerprint density at radius 1 is 1.16 bits per heavy atom. The van der Waals surface area contributed by atoms with Crippen molar-refractivity contribution in [3.63, 3.8) is 0 Å². The van der Waals surface area contributed by atoms with Crippen LogP contribution in [0.15, 0.2) is 12.1 Å². The molecule has 2 nitrogen and oxygen atoms in total. The van der Waals surface area contributed by atoms with Crippen LogP contribution in [-0.4, -0.2) is 13.1 Å². The van der Waals surface area contributed by atoms with Crippen molar-refractivity contribution in [1.29, 1.82) is 0 Å². The number of hydrogen-bond donors (Lipinski definition) is 2. The molecule has 1 fully saturated rings. The summed E-state index contributed by atoms with van der Waals surface area (Å²) in [5.74, 6) is 0. The number of nitrogens with two attached hydrogens (primary N) is 1. The van der Waals surface area contributed by atoms with Gasteiger partial charge in [0.1, 0.15) is 0 Å². The second-order valence-corrected chi connectivity index (χ2v) is 7.29. The summed E-state index contributed by atoms with van der Waals surface area (Å²) in [7, 11) is 0. The molecule has 0 spiro atoms. The predicted molar refractivity (Wildman–Crippen MR) is 83.8 cm³/mol. The Hall–Kier alpha value is -1.02. The van der Waals surface area contributed by atoms with Crippen molar-refractivity contribution in [3.8, 4) is 0 Å². The van der Waals surface area contributed by atoms with Crippen LogP contribution in [0.4, 0.5) is 5.69 Å². The Balaban J connectivity index is 2.18. The highest BCUT2D eigenvalue weighted by molar-refractivity contribution is 5.59. The molecule has 19 heavy (non-hydrogen) atoms. The molecule has 1 aliphatic rings. The van der Waals surface area contributed by atoms with Gasteiger partial charge in [0.15, 0.2) is 0 Å². The van der Waals surface area contributed by atoms with E-state index >= 15 is 0 Å². The lowest BCUT2D eigenvalue weighted by Gasteiger charge is -2.24. The van der Waals surface area contributed by atoms with E-state index in [1.807, 2.05) is 0 Å². The van der Waals surface area contributed by atoms with Crippen molar-refractivity contribution in [1.82, 2.24) is 0 Å². The molecule has 0 atom stereocenters. The van der Waals surface area contributed by atoms with Crippen LogP contribution in [0.5, 0.6) is 0 Å². The molecule has 1 aliphatic carbocycles. The van der Waals surface area contributed by atoms with Crippen LogP contribution in [0, 0.1) is 19.3 Å². The molecule has 1 aromatic carbocycles. The van der Waals surface area contributed by atoms with Crippen LogP contribution >= 0.6 is 0 Å². The van der Waals surface area contributed by atoms with E-state index < -0.39 is 0 Å². The van der Waals surface area contributed by atoms with Gasteiger partial charge in [0.25, 0.3) is 0 Å². The van der Waals surface area contributed by atoms with Crippen molar-refractivity contribution in [2.75, 3.05) is 18.4 Å². The first-order valence-electron chi connectivity index (χ1n) is 7.33. The van der Waals surface area contributed by atoms with E-state index in [0.717, 1.165) is 13.1 Å². The topological polar surface area (TPSA) is 38.0 Å². The van der Waals surface area contributed by atoms with Gasteiger partial charge in [0.05, 0.1) is 0 Å². The molecule has 3 N–H and O–H groups in total. The number of anilines is 1. The van der Waals surface area contributed by atoms with Gasteiger partial charge in [-0.2, -0.15) is 0 Å². The van der Waals surface area contributed by atoms with E-state index in [0.29, 0.717) is 5.41 Å². The smallest absolute Gasteiger partial charge is 0.0399 e. The molecule has 1 aromatic rings. The molecule has 2 heteroatoms. The Morgan fingerprint density at radius 3 is 2.05 bits per heavy atom. The maximum Gasteiger partial charge on any atom is 0.0399 e. The average Bonchev–Trinajstić information content (AvgIpc) is 3.07. The quantitative estimate of drug-likeness (QED) is 0.865. The number of hydrogen-bond acceptors (Lipinski definition) is 2. The minimum atomic E-state index is 0.211. The van der Waals surface area contributed by atoms with Gasteiger partial charge in [0, 0.05) is 12.2 Å². The number of nitrogens with one attached hydrogen (secondary N) is 1. The number of benzene rings is 1. The molecule has 2 rings (SSSR count). The Labute approximate surface area is 117 Å². The van der Waals surface area contributed by atoms with Gasteiger partial charge in [-0.15, -0.1) is 0 Å². The summed E-state index contributed by atoms with van der Waals surface area (Å²) < 4.78 is 0. The highest BCUT2D eigenvalue weighted by Crippen LogP contribution is 2.44. The third-order valence-electron chi connectivity index (χ3n) is 4.43. The maximum absolute atomic E-state index is 5.85. The molecule has 0 aromatic heterocycles. The Kier molecular flexibility index (Phi) is 3.65. The molecular weight excluding hydrogens is 232 g/mol. The first-order chi connectivity index (χ1) is 8.77. The summed E-state index contributed by atoms with van der Waals surface area (Å²) in [5.41, 5.74) is 11.8. The largest absolute Gasteiger partial charge is 0.384 e. The van der Waals surface area contributed by atoms with Crippen LogP contribution in [0.1, 0.15) is 50.3 Å². The normalized spacial score (nSPS) is 17.4. The fourth-order valence-corrected chi connectivity index (χ4v) is 2.58. The van der Waals surface area contributed by atoms with Crippen LogP contribution in [-0.2, 0) is 5.41 Å². The number of aryl methyl sites for hydroxylation is 2. The zero-order valence-electron chi connectivity index (χ0n) is 13.1. The molecule has 0 saturated heterocycles. The monoisotopic (exact) mass is 260 g/mol. The molecule has 0 radical (unpaired) electrons. The zero-order chi connectivity index (χ0) is 14.3. The molecule has 0 heterocycles. The minimum Gasteiger partial charge on any atom is -0.384 e. The first kappa shape index (κ1) is 14.4. The Bertz CT molecular complexity index is 442. The average molecular weight is 260 g/mol. The lowest BCUT2D eigenvalue weighted by molar-refractivity contribution is 0.555. The van der Waals surface area contributed by atoms with Gasteiger partial charge in [-0.25, -0.2) is 0 Å². The van der Waals surface area contributed by atoms with Gasteiger partial charge in [-0.3, -0.25) is 0 Å². The molecule has 0 aliphatic heterocycles. The second-order valence-electron chi connectivity index (χ2n) is 7.29. The van der Waals surface area contributed by atoms with E-state index in [4.69, 9.17) is 5.73 Å². The predicted octanol–water partition coefficient (Wildman–Crippen LogP) is 3.75. The van der Waals surface area contributed by atoms with Crippen LogP contribution in [0.25, 0.3) is 0 Å². The van der Waals surface area contributed by atoms with Gasteiger partial charge >= 0.3 is 0 Å². The third-order valence-corrected chi connectivity index (χ3v) is 4.43. The fraction of sp³-hybridized carbons (Fsp3) is 0.647. The summed E-state index contributed by atoms with van der Waals surface area (Å²) >= 11 is 0. The Morgan fingerprint density at radius 2 is 1.68 bits per heavy atom. The summed E-state index contributed by atoms with van der Waals surface area (Å²) in [4.78, 5) is 0. The van der Waals surface area contributed by atoms with E-state index in [2.05, 4.69) is 52.1 Å². The molecule has 0 amide bonds. The third kappa shape index (κ3) is 3.11. The van der Waals surface area contributed by atoms with Crippen molar-refractivity contribution in [2.45, 2.75) is 52.9 Å². The van der Waals surface area contributed by atoms with Gasteiger partial charge in [-0.1, -0.05) is 32.9 Å². The summed E-state index contributed by atoms with van der Waals surface area (Å²) in [5, 5.41) is 3.63. The highest BCUT2D eigenvalue weighted by atomic mass is 14.9. The van der Waals surface area contributed by atoms with E-state index in [1.165, 1.54) is 35.2 Å². The van der Waals surface area contributed by atoms with Gasteiger partial charge in [0.2, 0.25) is 0 Å². The SMILES string of the molecule is Cc1cc(C(C)(C)C)cc(C)c1NCC1(CN)CC1. The van der Waals surface area contributed by atoms with Crippen molar-refractivity contribution in [2.24, 2.45) is 11.1 Å². The van der Waals surface area contributed by atoms with Crippen molar-refractivity contribution >= 4 is 5.69 Å². The summed E-state index contributed by atoms with van der Waals surface area (Å²) in [6, 6.07) is 4.63. The van der Waals surface area contributed by atoms with Gasteiger partial charge < -0.3 is 11.1 Å². The molecular formula is C17H28N2. The van der Waals surface area contributed by atoms with Crippen LogP contribution in [0.2, 0.25) is 0 Å². The maximum atomic E-state index is 5.85. The summed E-state index contributed by atoms with van der Waals surface area (Å²) in [6.07, 6.45) is 2.54. The lowest BCUT2D eigenvalue weighted by Crippen LogP contribution is -2.25. The molecule has 0 unspecified atom stereocenters. The number of rotatable bonds is 4. The summed E-state index contributed by atoms with van der Waals surface area (Å²) in [6.45, 7) is 13.0. The van der Waals surface area contributed by atoms with Crippen molar-refractivity contribution < 1.29 is 0 Å². The van der Waals surface area contributed by atoms with E-state index in [-0.39, 0.29) is 5.41 Å². The molecule has 1 saturated carbocycles. The fourth-order valence-electron chi connectivity index (χ4n) is 2.58. The standard InChI is InChI=1S/C17H28N2/c1-12-8-14(16(3,4)5)9-13(2)15(12)19-11-17(10-18)6-7-17/h8-9,19H,6-7,10-11,18H2,1-5H3.